The number of amides is 1. The molecule has 0 N–H and O–H groups in total. The summed E-state index contributed by atoms with van der Waals surface area (Å²) in [5.74, 6) is -1.07. The van der Waals surface area contributed by atoms with Crippen molar-refractivity contribution < 1.29 is 22.7 Å². The molecule has 0 saturated carbocycles. The van der Waals surface area contributed by atoms with Crippen LogP contribution in [0.25, 0.3) is 0 Å². The molecule has 22 heavy (non-hydrogen) atoms. The van der Waals surface area contributed by atoms with Gasteiger partial charge < -0.3 is 9.64 Å². The Labute approximate surface area is 140 Å². The number of halogens is 1. The third-order valence-electron chi connectivity index (χ3n) is 4.18. The minimum Gasteiger partial charge on any atom is -0.453 e. The van der Waals surface area contributed by atoms with E-state index in [0.717, 1.165) is 4.90 Å². The van der Waals surface area contributed by atoms with Crippen molar-refractivity contribution in [1.29, 1.82) is 0 Å². The van der Waals surface area contributed by atoms with Gasteiger partial charge in [-0.2, -0.15) is 0 Å². The highest BCUT2D eigenvalue weighted by molar-refractivity contribution is 14.1. The second-order valence-corrected chi connectivity index (χ2v) is 8.58. The number of hydrogen-bond acceptors (Lipinski definition) is 7. The van der Waals surface area contributed by atoms with Gasteiger partial charge in [-0.15, -0.1) is 5.10 Å². The number of carbonyl (C=O) groups excluding carboxylic acids is 2. The third kappa shape index (κ3) is 1.97. The van der Waals surface area contributed by atoms with Gasteiger partial charge in [-0.05, 0) is 29.5 Å². The molecule has 0 bridgehead atoms. The molecule has 120 valence electrons. The summed E-state index contributed by atoms with van der Waals surface area (Å²) in [4.78, 5) is 25.2. The van der Waals surface area contributed by atoms with Gasteiger partial charge in [0.25, 0.3) is 0 Å². The van der Waals surface area contributed by atoms with Gasteiger partial charge in [-0.1, -0.05) is 5.21 Å². The van der Waals surface area contributed by atoms with Gasteiger partial charge >= 0.3 is 5.97 Å². The average Bonchev–Trinajstić information content (AvgIpc) is 2.97. The lowest BCUT2D eigenvalue weighted by molar-refractivity contribution is -0.160. The van der Waals surface area contributed by atoms with Crippen LogP contribution in [0.3, 0.4) is 0 Å². The van der Waals surface area contributed by atoms with Crippen LogP contribution in [0.2, 0.25) is 0 Å². The molecule has 0 unspecified atom stereocenters. The summed E-state index contributed by atoms with van der Waals surface area (Å²) in [7, 11) is -3.74. The van der Waals surface area contributed by atoms with E-state index in [1.54, 1.807) is 0 Å². The van der Waals surface area contributed by atoms with Crippen LogP contribution in [0.15, 0.2) is 12.4 Å². The van der Waals surface area contributed by atoms with Crippen LogP contribution in [-0.2, 0) is 30.7 Å². The molecule has 2 aliphatic heterocycles. The molecule has 2 aliphatic rings. The fourth-order valence-electron chi connectivity index (χ4n) is 3.04. The topological polar surface area (TPSA) is 111 Å². The first kappa shape index (κ1) is 15.6. The molecule has 3 rings (SSSR count). The fourth-order valence-corrected chi connectivity index (χ4v) is 5.70. The Balaban J connectivity index is 2.06. The molecule has 0 spiro atoms. The highest BCUT2D eigenvalue weighted by Gasteiger charge is 2.70. The van der Waals surface area contributed by atoms with Gasteiger partial charge in [0.2, 0.25) is 5.91 Å². The van der Waals surface area contributed by atoms with Crippen LogP contribution < -0.4 is 0 Å². The molecular weight excluding hydrogens is 427 g/mol. The van der Waals surface area contributed by atoms with Crippen LogP contribution in [-0.4, -0.2) is 61.0 Å². The number of hydrogen-bond donors (Lipinski definition) is 0. The lowest BCUT2D eigenvalue weighted by atomic mass is 9.96. The predicted molar refractivity (Wildman–Crippen MR) is 81.4 cm³/mol. The monoisotopic (exact) mass is 440 g/mol. The summed E-state index contributed by atoms with van der Waals surface area (Å²) < 4.78 is 30.5. The van der Waals surface area contributed by atoms with E-state index in [2.05, 4.69) is 10.3 Å². The van der Waals surface area contributed by atoms with E-state index in [1.165, 1.54) is 24.0 Å². The van der Waals surface area contributed by atoms with Crippen LogP contribution >= 0.6 is 22.6 Å². The number of sulfone groups is 1. The Hall–Kier alpha value is -1.24. The Bertz CT molecular complexity index is 721. The molecule has 9 nitrogen and oxygen atoms in total. The summed E-state index contributed by atoms with van der Waals surface area (Å²) >= 11 is 1.84. The van der Waals surface area contributed by atoms with E-state index in [1.807, 2.05) is 22.6 Å². The lowest BCUT2D eigenvalue weighted by Crippen LogP contribution is -2.58. The minimum absolute atomic E-state index is 0.0728. The van der Waals surface area contributed by atoms with Gasteiger partial charge in [-0.3, -0.25) is 9.48 Å². The second kappa shape index (κ2) is 5.15. The molecule has 0 aromatic carbocycles. The van der Waals surface area contributed by atoms with E-state index in [4.69, 9.17) is 4.74 Å². The standard InChI is InChI=1S/C11H13IN4O5S/c1-11(5-15-3-2-13-14-15)9(10(18)21-6-12)16-7(17)4-8(16)22(11,19)20/h2-3,8-9H,4-6H2,1H3/t8-,9-,11-/m0/s1. The molecule has 3 atom stereocenters. The Kier molecular flexibility index (Phi) is 3.66. The van der Waals surface area contributed by atoms with E-state index in [9.17, 15) is 18.0 Å². The second-order valence-electron chi connectivity index (χ2n) is 5.39. The number of rotatable bonds is 4. The van der Waals surface area contributed by atoms with Gasteiger partial charge in [0.05, 0.1) is 19.2 Å². The number of esters is 1. The van der Waals surface area contributed by atoms with Crippen molar-refractivity contribution in [2.24, 2.45) is 0 Å². The van der Waals surface area contributed by atoms with Crippen molar-refractivity contribution in [2.75, 3.05) is 4.61 Å². The van der Waals surface area contributed by atoms with Crippen LogP contribution in [0.5, 0.6) is 0 Å². The molecular formula is C11H13IN4O5S. The van der Waals surface area contributed by atoms with E-state index < -0.39 is 32.0 Å². The van der Waals surface area contributed by atoms with E-state index in [-0.39, 0.29) is 23.5 Å². The van der Waals surface area contributed by atoms with Crippen molar-refractivity contribution in [2.45, 2.75) is 36.1 Å². The van der Waals surface area contributed by atoms with Gasteiger partial charge in [0.15, 0.2) is 15.9 Å². The zero-order valence-corrected chi connectivity index (χ0v) is 14.5. The maximum absolute atomic E-state index is 12.8. The number of nitrogens with zero attached hydrogens (tertiary/aromatic N) is 4. The van der Waals surface area contributed by atoms with Crippen LogP contribution in [0.1, 0.15) is 13.3 Å². The zero-order valence-electron chi connectivity index (χ0n) is 11.5. The van der Waals surface area contributed by atoms with Crippen molar-refractivity contribution in [1.82, 2.24) is 19.9 Å². The molecule has 11 heteroatoms. The molecule has 1 aromatic rings. The molecule has 1 aromatic heterocycles. The molecule has 2 saturated heterocycles. The Morgan fingerprint density at radius 3 is 2.86 bits per heavy atom. The molecule has 2 fully saturated rings. The lowest BCUT2D eigenvalue weighted by Gasteiger charge is -2.36. The van der Waals surface area contributed by atoms with E-state index >= 15 is 0 Å². The smallest absolute Gasteiger partial charge is 0.331 e. The molecule has 3 heterocycles. The largest absolute Gasteiger partial charge is 0.453 e. The van der Waals surface area contributed by atoms with Gasteiger partial charge in [0.1, 0.15) is 14.7 Å². The van der Waals surface area contributed by atoms with Gasteiger partial charge in [0, 0.05) is 6.20 Å². The van der Waals surface area contributed by atoms with Crippen LogP contribution in [0.4, 0.5) is 0 Å². The molecule has 1 amide bonds. The van der Waals surface area contributed by atoms with Crippen molar-refractivity contribution >= 4 is 44.3 Å². The summed E-state index contributed by atoms with van der Waals surface area (Å²) in [5, 5.41) is 6.45. The highest BCUT2D eigenvalue weighted by Crippen LogP contribution is 2.47. The summed E-state index contributed by atoms with van der Waals surface area (Å²) in [6.45, 7) is 1.38. The molecule has 0 radical (unpaired) electrons. The zero-order chi connectivity index (χ0) is 16.1. The average molecular weight is 440 g/mol. The SMILES string of the molecule is C[C@]1(Cn2ccnn2)[C@H](C(=O)OCI)N2C(=O)C[C@@H]2S1(=O)=O. The maximum Gasteiger partial charge on any atom is 0.331 e. The normalized spacial score (nSPS) is 32.5. The first-order valence-electron chi connectivity index (χ1n) is 6.44. The maximum atomic E-state index is 12.8. The Morgan fingerprint density at radius 2 is 2.32 bits per heavy atom. The summed E-state index contributed by atoms with van der Waals surface area (Å²) in [6.07, 6.45) is 2.84. The first-order valence-corrected chi connectivity index (χ1v) is 9.51. The predicted octanol–water partition coefficient (Wildman–Crippen LogP) is -0.672. The number of ether oxygens (including phenoxy) is 1. The molecule has 0 aliphatic carbocycles. The summed E-state index contributed by atoms with van der Waals surface area (Å²) in [6, 6.07) is -1.16. The van der Waals surface area contributed by atoms with Crippen molar-refractivity contribution in [3.05, 3.63) is 12.4 Å². The first-order chi connectivity index (χ1) is 10.3. The number of aromatic nitrogens is 3. The number of alkyl halides is 1. The third-order valence-corrected chi connectivity index (χ3v) is 7.25. The number of β-lactam (4-membered cyclic amide) rings is 1. The van der Waals surface area contributed by atoms with E-state index in [0.29, 0.717) is 0 Å². The minimum atomic E-state index is -3.74. The number of fused-ring (bicyclic) bond motifs is 1. The van der Waals surface area contributed by atoms with Crippen LogP contribution in [0, 0.1) is 0 Å². The Morgan fingerprint density at radius 1 is 1.59 bits per heavy atom. The highest BCUT2D eigenvalue weighted by atomic mass is 127. The van der Waals surface area contributed by atoms with Crippen molar-refractivity contribution in [3.8, 4) is 0 Å². The quantitative estimate of drug-likeness (QED) is 0.264. The fraction of sp³-hybridized carbons (Fsp3) is 0.636. The van der Waals surface area contributed by atoms with Gasteiger partial charge in [-0.25, -0.2) is 13.2 Å². The summed E-state index contributed by atoms with van der Waals surface area (Å²) in [5.41, 5.74) is 0. The van der Waals surface area contributed by atoms with Crippen molar-refractivity contribution in [3.63, 3.8) is 0 Å². The number of carbonyl (C=O) groups is 2.